The van der Waals surface area contributed by atoms with Crippen LogP contribution in [0, 0.1) is 6.92 Å². The third kappa shape index (κ3) is 3.31. The minimum atomic E-state index is -0.968. The number of aromatic nitrogens is 2. The van der Waals surface area contributed by atoms with Crippen LogP contribution in [0.15, 0.2) is 6.20 Å². The van der Waals surface area contributed by atoms with Crippen LogP contribution in [-0.2, 0) is 23.2 Å². The lowest BCUT2D eigenvalue weighted by Crippen LogP contribution is -2.51. The second-order valence-corrected chi connectivity index (χ2v) is 4.83. The lowest BCUT2D eigenvalue weighted by Gasteiger charge is -2.33. The first kappa shape index (κ1) is 13.5. The van der Waals surface area contributed by atoms with Gasteiger partial charge in [0, 0.05) is 38.4 Å². The van der Waals surface area contributed by atoms with Crippen molar-refractivity contribution in [3.05, 3.63) is 17.5 Å². The molecule has 1 aliphatic rings. The number of nitrogens with zero attached hydrogens (tertiary/aromatic N) is 4. The summed E-state index contributed by atoms with van der Waals surface area (Å²) in [6.45, 7) is 3.82. The third-order valence-corrected chi connectivity index (χ3v) is 3.23. The molecule has 0 aromatic carbocycles. The van der Waals surface area contributed by atoms with Gasteiger partial charge in [-0.25, -0.2) is 0 Å². The van der Waals surface area contributed by atoms with Gasteiger partial charge in [-0.05, 0) is 6.92 Å². The summed E-state index contributed by atoms with van der Waals surface area (Å²) in [5.41, 5.74) is 2.06. The summed E-state index contributed by atoms with van der Waals surface area (Å²) in [5, 5.41) is 13.0. The predicted octanol–water partition coefficient (Wildman–Crippen LogP) is -0.543. The second kappa shape index (κ2) is 5.40. The van der Waals surface area contributed by atoms with Gasteiger partial charge in [0.05, 0.1) is 12.2 Å². The highest BCUT2D eigenvalue weighted by Crippen LogP contribution is 2.11. The van der Waals surface area contributed by atoms with Crippen LogP contribution < -0.4 is 0 Å². The number of aryl methyl sites for hydroxylation is 2. The van der Waals surface area contributed by atoms with Gasteiger partial charge in [-0.2, -0.15) is 5.10 Å². The number of piperazine rings is 1. The number of hydrogen-bond donors (Lipinski definition) is 1. The number of hydrogen-bond acceptors (Lipinski definition) is 4. The van der Waals surface area contributed by atoms with Crippen molar-refractivity contribution in [1.29, 1.82) is 0 Å². The molecule has 0 atom stereocenters. The zero-order chi connectivity index (χ0) is 14.0. The summed E-state index contributed by atoms with van der Waals surface area (Å²) >= 11 is 0. The molecule has 0 aliphatic carbocycles. The van der Waals surface area contributed by atoms with Gasteiger partial charge >= 0.3 is 5.97 Å². The molecule has 0 radical (unpaired) electrons. The molecule has 1 saturated heterocycles. The van der Waals surface area contributed by atoms with Gasteiger partial charge in [-0.1, -0.05) is 0 Å². The van der Waals surface area contributed by atoms with E-state index in [4.69, 9.17) is 5.11 Å². The van der Waals surface area contributed by atoms with Gasteiger partial charge in [0.2, 0.25) is 5.91 Å². The first-order chi connectivity index (χ1) is 8.95. The van der Waals surface area contributed by atoms with Gasteiger partial charge < -0.3 is 10.0 Å². The summed E-state index contributed by atoms with van der Waals surface area (Å²) in [6, 6.07) is 0. The summed E-state index contributed by atoms with van der Waals surface area (Å²) in [5.74, 6) is -1.10. The fourth-order valence-corrected chi connectivity index (χ4v) is 2.27. The molecule has 19 heavy (non-hydrogen) atoms. The molecular formula is C12H18N4O3. The van der Waals surface area contributed by atoms with E-state index in [9.17, 15) is 9.59 Å². The molecule has 7 heteroatoms. The quantitative estimate of drug-likeness (QED) is 0.791. The summed E-state index contributed by atoms with van der Waals surface area (Å²) in [6.07, 6.45) is 1.95. The SMILES string of the molecule is Cc1nn(C)cc1CN1CCN(CC(=O)O)C(=O)C1. The minimum absolute atomic E-state index is 0.129. The maximum atomic E-state index is 11.8. The summed E-state index contributed by atoms with van der Waals surface area (Å²) in [4.78, 5) is 25.8. The van der Waals surface area contributed by atoms with Crippen LogP contribution in [0.4, 0.5) is 0 Å². The van der Waals surface area contributed by atoms with E-state index in [-0.39, 0.29) is 19.0 Å². The molecule has 0 spiro atoms. The van der Waals surface area contributed by atoms with E-state index in [1.807, 2.05) is 25.1 Å². The van der Waals surface area contributed by atoms with E-state index >= 15 is 0 Å². The molecule has 1 fully saturated rings. The van der Waals surface area contributed by atoms with Crippen molar-refractivity contribution >= 4 is 11.9 Å². The van der Waals surface area contributed by atoms with Crippen LogP contribution in [0.2, 0.25) is 0 Å². The van der Waals surface area contributed by atoms with Crippen LogP contribution in [-0.4, -0.2) is 62.7 Å². The lowest BCUT2D eigenvalue weighted by molar-refractivity contribution is -0.147. The van der Waals surface area contributed by atoms with Gasteiger partial charge in [0.25, 0.3) is 0 Å². The van der Waals surface area contributed by atoms with Gasteiger partial charge in [0.1, 0.15) is 6.54 Å². The van der Waals surface area contributed by atoms with Crippen LogP contribution >= 0.6 is 0 Å². The monoisotopic (exact) mass is 266 g/mol. The smallest absolute Gasteiger partial charge is 0.323 e. The van der Waals surface area contributed by atoms with Crippen LogP contribution in [0.3, 0.4) is 0 Å². The Morgan fingerprint density at radius 1 is 1.47 bits per heavy atom. The third-order valence-electron chi connectivity index (χ3n) is 3.23. The van der Waals surface area contributed by atoms with E-state index in [2.05, 4.69) is 5.10 Å². The Morgan fingerprint density at radius 3 is 2.74 bits per heavy atom. The number of carboxylic acid groups (broad SMARTS) is 1. The normalized spacial score (nSPS) is 16.9. The Morgan fingerprint density at radius 2 is 2.21 bits per heavy atom. The molecule has 1 aliphatic heterocycles. The first-order valence-electron chi connectivity index (χ1n) is 6.16. The zero-order valence-electron chi connectivity index (χ0n) is 11.2. The van der Waals surface area contributed by atoms with Crippen molar-refractivity contribution in [3.8, 4) is 0 Å². The molecule has 1 aromatic heterocycles. The number of carbonyl (C=O) groups is 2. The molecule has 7 nitrogen and oxygen atoms in total. The van der Waals surface area contributed by atoms with Crippen LogP contribution in [0.25, 0.3) is 0 Å². The van der Waals surface area contributed by atoms with Crippen LogP contribution in [0.5, 0.6) is 0 Å². The maximum Gasteiger partial charge on any atom is 0.323 e. The van der Waals surface area contributed by atoms with E-state index in [1.54, 1.807) is 4.68 Å². The Bertz CT molecular complexity index is 497. The van der Waals surface area contributed by atoms with Gasteiger partial charge in [-0.15, -0.1) is 0 Å². The van der Waals surface area contributed by atoms with Crippen molar-refractivity contribution in [2.75, 3.05) is 26.2 Å². The summed E-state index contributed by atoms with van der Waals surface area (Å²) in [7, 11) is 1.87. The zero-order valence-corrected chi connectivity index (χ0v) is 11.2. The van der Waals surface area contributed by atoms with Crippen molar-refractivity contribution in [1.82, 2.24) is 19.6 Å². The van der Waals surface area contributed by atoms with E-state index in [0.29, 0.717) is 19.6 Å². The Labute approximate surface area is 111 Å². The number of carbonyl (C=O) groups excluding carboxylic acids is 1. The number of amides is 1. The maximum absolute atomic E-state index is 11.8. The Hall–Kier alpha value is -1.89. The van der Waals surface area contributed by atoms with E-state index in [1.165, 1.54) is 4.90 Å². The Balaban J connectivity index is 1.93. The largest absolute Gasteiger partial charge is 0.480 e. The minimum Gasteiger partial charge on any atom is -0.480 e. The van der Waals surface area contributed by atoms with E-state index < -0.39 is 5.97 Å². The lowest BCUT2D eigenvalue weighted by atomic mass is 10.2. The average Bonchev–Trinajstić information content (AvgIpc) is 2.61. The second-order valence-electron chi connectivity index (χ2n) is 4.83. The van der Waals surface area contributed by atoms with Gasteiger partial charge in [-0.3, -0.25) is 19.2 Å². The fraction of sp³-hybridized carbons (Fsp3) is 0.583. The highest BCUT2D eigenvalue weighted by molar-refractivity contribution is 5.83. The Kier molecular flexibility index (Phi) is 3.84. The highest BCUT2D eigenvalue weighted by Gasteiger charge is 2.25. The van der Waals surface area contributed by atoms with E-state index in [0.717, 1.165) is 11.3 Å². The molecular weight excluding hydrogens is 248 g/mol. The molecule has 0 unspecified atom stereocenters. The first-order valence-corrected chi connectivity index (χ1v) is 6.16. The average molecular weight is 266 g/mol. The fourth-order valence-electron chi connectivity index (χ4n) is 2.27. The topological polar surface area (TPSA) is 78.7 Å². The van der Waals surface area contributed by atoms with Crippen molar-refractivity contribution in [3.63, 3.8) is 0 Å². The van der Waals surface area contributed by atoms with Crippen molar-refractivity contribution < 1.29 is 14.7 Å². The highest BCUT2D eigenvalue weighted by atomic mass is 16.4. The van der Waals surface area contributed by atoms with Crippen molar-refractivity contribution in [2.45, 2.75) is 13.5 Å². The summed E-state index contributed by atoms with van der Waals surface area (Å²) < 4.78 is 1.76. The van der Waals surface area contributed by atoms with Crippen molar-refractivity contribution in [2.24, 2.45) is 7.05 Å². The number of carboxylic acids is 1. The molecule has 0 bridgehead atoms. The van der Waals surface area contributed by atoms with Crippen LogP contribution in [0.1, 0.15) is 11.3 Å². The molecule has 0 saturated carbocycles. The molecule has 1 N–H and O–H groups in total. The van der Waals surface area contributed by atoms with Gasteiger partial charge in [0.15, 0.2) is 0 Å². The molecule has 1 amide bonds. The molecule has 2 heterocycles. The number of rotatable bonds is 4. The molecule has 104 valence electrons. The predicted molar refractivity (Wildman–Crippen MR) is 67.4 cm³/mol. The molecule has 1 aromatic rings. The molecule has 2 rings (SSSR count). The number of aliphatic carboxylic acids is 1. The standard InChI is InChI=1S/C12H18N4O3/c1-9-10(5-14(2)13-9)6-15-3-4-16(8-12(18)19)11(17)7-15/h5H,3-4,6-8H2,1-2H3,(H,18,19).